The van der Waals surface area contributed by atoms with Gasteiger partial charge in [0.15, 0.2) is 0 Å². The van der Waals surface area contributed by atoms with E-state index in [1.165, 1.54) is 4.90 Å². The Hall–Kier alpha value is -4.40. The van der Waals surface area contributed by atoms with E-state index >= 15 is 0 Å². The fraction of sp³-hybridized carbons (Fsp3) is 0.571. The van der Waals surface area contributed by atoms with Crippen LogP contribution in [0.5, 0.6) is 0 Å². The molecule has 5 atom stereocenters. The normalized spacial score (nSPS) is 27.6. The number of carbonyl (C=O) groups excluding carboxylic acids is 5. The summed E-state index contributed by atoms with van der Waals surface area (Å²) in [4.78, 5) is 72.8. The molecular formula is C35H46N6O8S. The molecule has 1 aromatic heterocycles. The molecule has 270 valence electrons. The number of fused-ring (bicyclic) bond motifs is 3. The quantitative estimate of drug-likeness (QED) is 0.282. The summed E-state index contributed by atoms with van der Waals surface area (Å²) in [5.41, 5.74) is -1.22. The molecule has 0 radical (unpaired) electrons. The van der Waals surface area contributed by atoms with E-state index in [4.69, 9.17) is 4.74 Å². The van der Waals surface area contributed by atoms with E-state index in [0.29, 0.717) is 37.8 Å². The Morgan fingerprint density at radius 2 is 1.78 bits per heavy atom. The van der Waals surface area contributed by atoms with Crippen molar-refractivity contribution in [2.75, 3.05) is 6.54 Å². The van der Waals surface area contributed by atoms with Crippen molar-refractivity contribution >= 4 is 50.6 Å². The zero-order chi connectivity index (χ0) is 35.8. The van der Waals surface area contributed by atoms with Crippen molar-refractivity contribution in [1.82, 2.24) is 30.6 Å². The molecule has 0 spiro atoms. The Balaban J connectivity index is 1.27. The van der Waals surface area contributed by atoms with Crippen molar-refractivity contribution in [2.24, 2.45) is 5.92 Å². The lowest BCUT2D eigenvalue weighted by Crippen LogP contribution is -2.58. The van der Waals surface area contributed by atoms with Crippen LogP contribution in [0.25, 0.3) is 10.9 Å². The summed E-state index contributed by atoms with van der Waals surface area (Å²) in [5.74, 6) is -2.83. The Labute approximate surface area is 291 Å². The van der Waals surface area contributed by atoms with Crippen molar-refractivity contribution in [3.63, 3.8) is 0 Å². The third-order valence-electron chi connectivity index (χ3n) is 9.68. The monoisotopic (exact) mass is 710 g/mol. The van der Waals surface area contributed by atoms with Crippen molar-refractivity contribution < 1.29 is 37.1 Å². The van der Waals surface area contributed by atoms with Crippen LogP contribution in [0.2, 0.25) is 0 Å². The highest BCUT2D eigenvalue weighted by Gasteiger charge is 2.62. The largest absolute Gasteiger partial charge is 0.444 e. The maximum Gasteiger partial charge on any atom is 0.408 e. The third-order valence-corrected chi connectivity index (χ3v) is 11.5. The van der Waals surface area contributed by atoms with Gasteiger partial charge in [0.05, 0.1) is 5.25 Å². The molecule has 2 saturated carbocycles. The number of ether oxygens (including phenoxy) is 1. The Morgan fingerprint density at radius 1 is 1.02 bits per heavy atom. The number of aromatic amines is 1. The summed E-state index contributed by atoms with van der Waals surface area (Å²) in [6, 6.07) is 6.36. The molecule has 4 aliphatic rings. The fourth-order valence-electron chi connectivity index (χ4n) is 6.81. The van der Waals surface area contributed by atoms with Crippen LogP contribution < -0.4 is 20.7 Å². The summed E-state index contributed by atoms with van der Waals surface area (Å²) < 4.78 is 33.1. The van der Waals surface area contributed by atoms with E-state index < -0.39 is 80.2 Å². The second-order valence-electron chi connectivity index (χ2n) is 14.9. The lowest BCUT2D eigenvalue weighted by molar-refractivity contribution is -0.141. The predicted molar refractivity (Wildman–Crippen MR) is 184 cm³/mol. The van der Waals surface area contributed by atoms with Gasteiger partial charge >= 0.3 is 6.09 Å². The van der Waals surface area contributed by atoms with Gasteiger partial charge in [0.25, 0.3) is 11.8 Å². The number of carbonyl (C=O) groups is 5. The molecule has 0 bridgehead atoms. The lowest BCUT2D eigenvalue weighted by atomic mass is 10.0. The van der Waals surface area contributed by atoms with Crippen molar-refractivity contribution in [3.05, 3.63) is 48.2 Å². The first-order valence-electron chi connectivity index (χ1n) is 17.4. The molecule has 2 aliphatic carbocycles. The molecule has 3 heterocycles. The molecule has 6 rings (SSSR count). The maximum absolute atomic E-state index is 14.3. The number of sulfonamides is 1. The van der Waals surface area contributed by atoms with Gasteiger partial charge in [-0.3, -0.25) is 23.9 Å². The van der Waals surface area contributed by atoms with E-state index in [0.717, 1.165) is 23.7 Å². The number of alkyl carbamates (subject to hydrolysis) is 1. The van der Waals surface area contributed by atoms with Gasteiger partial charge in [-0.25, -0.2) is 13.2 Å². The van der Waals surface area contributed by atoms with Crippen LogP contribution >= 0.6 is 0 Å². The van der Waals surface area contributed by atoms with E-state index in [1.807, 2.05) is 36.4 Å². The van der Waals surface area contributed by atoms with Crippen LogP contribution in [0, 0.1) is 5.92 Å². The molecule has 1 aromatic carbocycles. The van der Waals surface area contributed by atoms with Crippen molar-refractivity contribution in [3.8, 4) is 0 Å². The van der Waals surface area contributed by atoms with Gasteiger partial charge in [-0.2, -0.15) is 0 Å². The van der Waals surface area contributed by atoms with Gasteiger partial charge in [-0.05, 0) is 77.8 Å². The first-order chi connectivity index (χ1) is 23.6. The van der Waals surface area contributed by atoms with E-state index in [-0.39, 0.29) is 19.4 Å². The molecule has 50 heavy (non-hydrogen) atoms. The summed E-state index contributed by atoms with van der Waals surface area (Å²) in [7, 11) is -3.89. The van der Waals surface area contributed by atoms with Crippen molar-refractivity contribution in [1.29, 1.82) is 0 Å². The highest BCUT2D eigenvalue weighted by molar-refractivity contribution is 7.91. The van der Waals surface area contributed by atoms with Crippen LogP contribution in [0.4, 0.5) is 4.79 Å². The highest BCUT2D eigenvalue weighted by atomic mass is 32.2. The molecule has 14 nitrogen and oxygen atoms in total. The summed E-state index contributed by atoms with van der Waals surface area (Å²) in [5, 5.41) is 8.70. The number of nitrogens with one attached hydrogen (secondary N) is 5. The van der Waals surface area contributed by atoms with E-state index in [2.05, 4.69) is 25.7 Å². The Morgan fingerprint density at radius 3 is 2.50 bits per heavy atom. The number of amides is 5. The first kappa shape index (κ1) is 35.4. The number of rotatable bonds is 6. The standard InChI is InChI=1S/C35H46N6O8S/c1-34(2,3)49-33(46)38-26-14-8-6-4-5-7-12-22-19-35(22,32(45)40-50(47,48)24-15-16-24)39-30(43)28-18-23(20-41(28)31(26)44)36-29(42)27-17-21-11-9-10-13-25(21)37-27/h7,9-13,17,22-24,26,28,37H,4-6,8,14-16,18-20H2,1-3H3,(H,36,42)(H,38,46)(H,39,43)(H,40,45)/t22-,23-,26+,28+,35-/m1/s1. The average Bonchev–Trinajstić information content (AvgIpc) is 3.92. The van der Waals surface area contributed by atoms with Gasteiger partial charge in [-0.1, -0.05) is 43.2 Å². The van der Waals surface area contributed by atoms with E-state index in [1.54, 1.807) is 26.8 Å². The number of hydrogen-bond acceptors (Lipinski definition) is 8. The number of para-hydroxylation sites is 1. The van der Waals surface area contributed by atoms with Crippen LogP contribution in [0.3, 0.4) is 0 Å². The molecule has 0 unspecified atom stereocenters. The van der Waals surface area contributed by atoms with Gasteiger partial charge in [0, 0.05) is 29.4 Å². The smallest absolute Gasteiger partial charge is 0.408 e. The average molecular weight is 711 g/mol. The number of allylic oxidation sites excluding steroid dienone is 1. The zero-order valence-electron chi connectivity index (χ0n) is 28.6. The molecule has 1 saturated heterocycles. The Bertz CT molecular complexity index is 1780. The number of nitrogens with zero attached hydrogens (tertiary/aromatic N) is 1. The fourth-order valence-corrected chi connectivity index (χ4v) is 8.18. The van der Waals surface area contributed by atoms with Crippen molar-refractivity contribution in [2.45, 2.75) is 113 Å². The van der Waals surface area contributed by atoms with Gasteiger partial charge in [0.2, 0.25) is 21.8 Å². The van der Waals surface area contributed by atoms with Crippen LogP contribution in [0.1, 0.15) is 89.0 Å². The summed E-state index contributed by atoms with van der Waals surface area (Å²) in [6.07, 6.45) is 7.30. The second-order valence-corrected chi connectivity index (χ2v) is 16.9. The number of hydrogen-bond donors (Lipinski definition) is 5. The number of benzene rings is 1. The lowest BCUT2D eigenvalue weighted by Gasteiger charge is -2.30. The predicted octanol–water partition coefficient (Wildman–Crippen LogP) is 2.76. The van der Waals surface area contributed by atoms with Crippen LogP contribution in [-0.2, 0) is 29.1 Å². The van der Waals surface area contributed by atoms with Crippen LogP contribution in [0.15, 0.2) is 42.5 Å². The van der Waals surface area contributed by atoms with Gasteiger partial charge < -0.3 is 30.6 Å². The minimum absolute atomic E-state index is 0.0290. The topological polar surface area (TPSA) is 196 Å². The molecule has 2 aliphatic heterocycles. The first-order valence-corrected chi connectivity index (χ1v) is 18.9. The minimum Gasteiger partial charge on any atom is -0.444 e. The SMILES string of the molecule is CC(C)(C)OC(=O)N[C@H]1CCCCCC=C[C@@H]2C[C@@]2(C(=O)NS(=O)(=O)C2CC2)NC(=O)[C@@H]2C[C@@H](NC(=O)c3cc4ccccc4[nH]3)CN2C1=O. The van der Waals surface area contributed by atoms with Crippen LogP contribution in [-0.4, -0.2) is 89.1 Å². The molecule has 5 amide bonds. The highest BCUT2D eigenvalue weighted by Crippen LogP contribution is 2.46. The molecule has 5 N–H and O–H groups in total. The van der Waals surface area contributed by atoms with E-state index in [9.17, 15) is 32.4 Å². The molecular weight excluding hydrogens is 664 g/mol. The van der Waals surface area contributed by atoms with Gasteiger partial charge in [-0.15, -0.1) is 0 Å². The molecule has 2 aromatic rings. The molecule has 15 heteroatoms. The Kier molecular flexibility index (Phi) is 9.72. The summed E-state index contributed by atoms with van der Waals surface area (Å²) >= 11 is 0. The third kappa shape index (κ3) is 7.98. The minimum atomic E-state index is -3.89. The number of H-pyrrole nitrogens is 1. The summed E-state index contributed by atoms with van der Waals surface area (Å²) in [6.45, 7) is 5.11. The second kappa shape index (κ2) is 13.7. The number of aromatic nitrogens is 1. The van der Waals surface area contributed by atoms with Gasteiger partial charge in [0.1, 0.15) is 28.9 Å². The maximum atomic E-state index is 14.3. The zero-order valence-corrected chi connectivity index (χ0v) is 29.4. The molecule has 3 fully saturated rings.